The highest BCUT2D eigenvalue weighted by Gasteiger charge is 2.34. The summed E-state index contributed by atoms with van der Waals surface area (Å²) in [6.45, 7) is 0.522. The Hall–Kier alpha value is -1.88. The van der Waals surface area contributed by atoms with Crippen molar-refractivity contribution < 1.29 is 9.90 Å². The first-order chi connectivity index (χ1) is 9.16. The van der Waals surface area contributed by atoms with Gasteiger partial charge in [0.05, 0.1) is 17.3 Å². The number of nitrogens with zero attached hydrogens (tertiary/aromatic N) is 2. The standard InChI is InChI=1S/C14H17N3O2/c18-13(15-10-14(19)6-3-7-14)9-17-12-5-2-1-4-11(12)8-16-17/h1-2,4-5,8,19H,3,6-7,9-10H2,(H,15,18). The predicted molar refractivity (Wildman–Crippen MR) is 71.5 cm³/mol. The summed E-state index contributed by atoms with van der Waals surface area (Å²) in [6.07, 6.45) is 4.34. The number of fused-ring (bicyclic) bond motifs is 1. The molecular formula is C14H17N3O2. The minimum atomic E-state index is -0.679. The molecule has 100 valence electrons. The average Bonchev–Trinajstić information content (AvgIpc) is 2.78. The topological polar surface area (TPSA) is 67.2 Å². The van der Waals surface area contributed by atoms with Gasteiger partial charge in [-0.15, -0.1) is 0 Å². The number of aromatic nitrogens is 2. The van der Waals surface area contributed by atoms with Crippen LogP contribution in [-0.4, -0.2) is 32.9 Å². The van der Waals surface area contributed by atoms with Gasteiger partial charge in [-0.05, 0) is 25.3 Å². The van der Waals surface area contributed by atoms with Gasteiger partial charge in [0.2, 0.25) is 5.91 Å². The van der Waals surface area contributed by atoms with Crippen molar-refractivity contribution in [2.75, 3.05) is 6.54 Å². The molecular weight excluding hydrogens is 242 g/mol. The molecule has 19 heavy (non-hydrogen) atoms. The van der Waals surface area contributed by atoms with E-state index in [1.54, 1.807) is 10.9 Å². The van der Waals surface area contributed by atoms with Crippen LogP contribution >= 0.6 is 0 Å². The van der Waals surface area contributed by atoms with Gasteiger partial charge in [0.1, 0.15) is 6.54 Å². The van der Waals surface area contributed by atoms with Crippen molar-refractivity contribution in [1.29, 1.82) is 0 Å². The summed E-state index contributed by atoms with van der Waals surface area (Å²) in [5.74, 6) is -0.117. The molecule has 2 aromatic rings. The summed E-state index contributed by atoms with van der Waals surface area (Å²) in [4.78, 5) is 11.9. The molecule has 1 aliphatic rings. The maximum Gasteiger partial charge on any atom is 0.241 e. The van der Waals surface area contributed by atoms with Crippen molar-refractivity contribution in [3.8, 4) is 0 Å². The highest BCUT2D eigenvalue weighted by Crippen LogP contribution is 2.30. The Balaban J connectivity index is 1.63. The van der Waals surface area contributed by atoms with E-state index in [4.69, 9.17) is 0 Å². The second-order valence-electron chi connectivity index (χ2n) is 5.22. The van der Waals surface area contributed by atoms with Gasteiger partial charge in [0.15, 0.2) is 0 Å². The smallest absolute Gasteiger partial charge is 0.241 e. The number of amides is 1. The van der Waals surface area contributed by atoms with Crippen molar-refractivity contribution in [3.63, 3.8) is 0 Å². The molecule has 0 atom stereocenters. The lowest BCUT2D eigenvalue weighted by atomic mass is 9.80. The van der Waals surface area contributed by atoms with Crippen LogP contribution in [0, 0.1) is 0 Å². The molecule has 0 spiro atoms. The number of carbonyl (C=O) groups is 1. The summed E-state index contributed by atoms with van der Waals surface area (Å²) in [5.41, 5.74) is 0.266. The first kappa shape index (κ1) is 12.2. The third-order valence-electron chi connectivity index (χ3n) is 3.74. The van der Waals surface area contributed by atoms with Gasteiger partial charge in [0, 0.05) is 11.9 Å². The van der Waals surface area contributed by atoms with Gasteiger partial charge < -0.3 is 10.4 Å². The summed E-state index contributed by atoms with van der Waals surface area (Å²) in [7, 11) is 0. The minimum Gasteiger partial charge on any atom is -0.388 e. The van der Waals surface area contributed by atoms with Crippen LogP contribution in [0.3, 0.4) is 0 Å². The number of rotatable bonds is 4. The van der Waals surface area contributed by atoms with Gasteiger partial charge in [-0.3, -0.25) is 9.48 Å². The predicted octanol–water partition coefficient (Wildman–Crippen LogP) is 1.07. The van der Waals surface area contributed by atoms with E-state index >= 15 is 0 Å². The first-order valence-electron chi connectivity index (χ1n) is 6.56. The fourth-order valence-electron chi connectivity index (χ4n) is 2.37. The first-order valence-corrected chi connectivity index (χ1v) is 6.56. The number of carbonyl (C=O) groups excluding carboxylic acids is 1. The van der Waals surface area contributed by atoms with Crippen LogP contribution in [0.25, 0.3) is 10.9 Å². The SMILES string of the molecule is O=C(Cn1ncc2ccccc21)NCC1(O)CCC1. The van der Waals surface area contributed by atoms with E-state index in [0.29, 0.717) is 6.54 Å². The van der Waals surface area contributed by atoms with E-state index in [1.807, 2.05) is 24.3 Å². The quantitative estimate of drug-likeness (QED) is 0.863. The highest BCUT2D eigenvalue weighted by molar-refractivity contribution is 5.81. The van der Waals surface area contributed by atoms with Crippen molar-refractivity contribution in [2.24, 2.45) is 0 Å². The van der Waals surface area contributed by atoms with E-state index in [1.165, 1.54) is 0 Å². The fourth-order valence-corrected chi connectivity index (χ4v) is 2.37. The molecule has 1 aromatic carbocycles. The minimum absolute atomic E-state index is 0.117. The van der Waals surface area contributed by atoms with Gasteiger partial charge in [-0.1, -0.05) is 18.2 Å². The van der Waals surface area contributed by atoms with E-state index in [-0.39, 0.29) is 12.5 Å². The fraction of sp³-hybridized carbons (Fsp3) is 0.429. The zero-order chi connectivity index (χ0) is 13.3. The lowest BCUT2D eigenvalue weighted by Crippen LogP contribution is -2.48. The Labute approximate surface area is 111 Å². The van der Waals surface area contributed by atoms with Crippen LogP contribution < -0.4 is 5.32 Å². The summed E-state index contributed by atoms with van der Waals surface area (Å²) in [6, 6.07) is 7.78. The van der Waals surface area contributed by atoms with Crippen LogP contribution in [0.4, 0.5) is 0 Å². The maximum absolute atomic E-state index is 11.9. The van der Waals surface area contributed by atoms with Gasteiger partial charge >= 0.3 is 0 Å². The molecule has 0 radical (unpaired) electrons. The molecule has 1 heterocycles. The van der Waals surface area contributed by atoms with E-state index < -0.39 is 5.60 Å². The number of benzene rings is 1. The summed E-state index contributed by atoms with van der Waals surface area (Å²) in [5, 5.41) is 17.9. The lowest BCUT2D eigenvalue weighted by Gasteiger charge is -2.36. The molecule has 1 saturated carbocycles. The Morgan fingerprint density at radius 1 is 1.42 bits per heavy atom. The number of aliphatic hydroxyl groups is 1. The Bertz CT molecular complexity index is 602. The van der Waals surface area contributed by atoms with Gasteiger partial charge in [0.25, 0.3) is 0 Å². The van der Waals surface area contributed by atoms with Crippen LogP contribution in [0.1, 0.15) is 19.3 Å². The average molecular weight is 259 g/mol. The Kier molecular flexibility index (Phi) is 2.98. The van der Waals surface area contributed by atoms with Crippen LogP contribution in [0.2, 0.25) is 0 Å². The maximum atomic E-state index is 11.9. The second kappa shape index (κ2) is 4.66. The Morgan fingerprint density at radius 3 is 2.95 bits per heavy atom. The Morgan fingerprint density at radius 2 is 2.21 bits per heavy atom. The zero-order valence-electron chi connectivity index (χ0n) is 10.7. The van der Waals surface area contributed by atoms with E-state index in [2.05, 4.69) is 10.4 Å². The number of hydrogen-bond acceptors (Lipinski definition) is 3. The van der Waals surface area contributed by atoms with Crippen molar-refractivity contribution in [2.45, 2.75) is 31.4 Å². The molecule has 0 aliphatic heterocycles. The molecule has 0 bridgehead atoms. The third-order valence-corrected chi connectivity index (χ3v) is 3.74. The highest BCUT2D eigenvalue weighted by atomic mass is 16.3. The largest absolute Gasteiger partial charge is 0.388 e. The lowest BCUT2D eigenvalue weighted by molar-refractivity contribution is -0.124. The van der Waals surface area contributed by atoms with Crippen LogP contribution in [-0.2, 0) is 11.3 Å². The van der Waals surface area contributed by atoms with Crippen LogP contribution in [0.15, 0.2) is 30.5 Å². The monoisotopic (exact) mass is 259 g/mol. The van der Waals surface area contributed by atoms with E-state index in [0.717, 1.165) is 30.2 Å². The molecule has 1 aromatic heterocycles. The summed E-state index contributed by atoms with van der Waals surface area (Å²) < 4.78 is 1.68. The molecule has 2 N–H and O–H groups in total. The molecule has 5 heteroatoms. The third kappa shape index (κ3) is 2.46. The zero-order valence-corrected chi connectivity index (χ0v) is 10.7. The number of hydrogen-bond donors (Lipinski definition) is 2. The second-order valence-corrected chi connectivity index (χ2v) is 5.22. The van der Waals surface area contributed by atoms with Gasteiger partial charge in [-0.2, -0.15) is 5.10 Å². The molecule has 0 unspecified atom stereocenters. The summed E-state index contributed by atoms with van der Waals surface area (Å²) >= 11 is 0. The molecule has 1 amide bonds. The van der Waals surface area contributed by atoms with Crippen molar-refractivity contribution in [3.05, 3.63) is 30.5 Å². The van der Waals surface area contributed by atoms with Gasteiger partial charge in [-0.25, -0.2) is 0 Å². The van der Waals surface area contributed by atoms with Crippen molar-refractivity contribution in [1.82, 2.24) is 15.1 Å². The molecule has 1 fully saturated rings. The van der Waals surface area contributed by atoms with E-state index in [9.17, 15) is 9.90 Å². The number of nitrogens with one attached hydrogen (secondary N) is 1. The molecule has 0 saturated heterocycles. The molecule has 5 nitrogen and oxygen atoms in total. The molecule has 3 rings (SSSR count). The normalized spacial score (nSPS) is 17.1. The van der Waals surface area contributed by atoms with Crippen LogP contribution in [0.5, 0.6) is 0 Å². The number of para-hydroxylation sites is 1. The van der Waals surface area contributed by atoms with Crippen molar-refractivity contribution >= 4 is 16.8 Å². The molecule has 1 aliphatic carbocycles.